The van der Waals surface area contributed by atoms with Crippen molar-refractivity contribution in [3.63, 3.8) is 0 Å². The molecule has 0 unspecified atom stereocenters. The van der Waals surface area contributed by atoms with E-state index in [1.165, 1.54) is 12.8 Å². The fourth-order valence-corrected chi connectivity index (χ4v) is 0.747. The first-order chi connectivity index (χ1) is 2.41. The second-order valence-corrected chi connectivity index (χ2v) is 1.85. The zero-order valence-electron chi connectivity index (χ0n) is 3.31. The molecule has 0 fully saturated rings. The van der Waals surface area contributed by atoms with Crippen LogP contribution in [0.1, 0.15) is 19.8 Å². The molecular weight excluding hydrogens is 243 g/mol. The average molecular weight is 251 g/mol. The summed E-state index contributed by atoms with van der Waals surface area (Å²) in [6.07, 6.45) is 2.53. The fourth-order valence-electron chi connectivity index (χ4n) is 0.0913. The van der Waals surface area contributed by atoms with Gasteiger partial charge in [-0.05, 0) is 0 Å². The van der Waals surface area contributed by atoms with Crippen molar-refractivity contribution in [1.82, 2.24) is 0 Å². The Morgan fingerprint density at radius 2 is 2.40 bits per heavy atom. The van der Waals surface area contributed by atoms with Gasteiger partial charge in [-0.3, -0.25) is 0 Å². The summed E-state index contributed by atoms with van der Waals surface area (Å²) in [6.45, 7) is 2.18. The zero-order valence-corrected chi connectivity index (χ0v) is 5.58. The molecule has 0 aliphatic rings. The Morgan fingerprint density at radius 1 is 1.80 bits per heavy atom. The maximum absolute atomic E-state index is 2.25. The van der Waals surface area contributed by atoms with Gasteiger partial charge in [0.05, 0.1) is 0 Å². The van der Waals surface area contributed by atoms with E-state index in [4.69, 9.17) is 0 Å². The topological polar surface area (TPSA) is 0 Å². The summed E-state index contributed by atoms with van der Waals surface area (Å²) in [4.78, 5) is 0. The summed E-state index contributed by atoms with van der Waals surface area (Å²) < 4.78 is 2.15. The minimum atomic E-state index is 1.25. The molecule has 0 nitrogen and oxygen atoms in total. The molecule has 0 bridgehead atoms. The van der Waals surface area contributed by atoms with E-state index in [1.807, 2.05) is 0 Å². The van der Waals surface area contributed by atoms with Crippen LogP contribution in [-0.2, 0) is 19.4 Å². The van der Waals surface area contributed by atoms with Crippen molar-refractivity contribution in [1.29, 1.82) is 0 Å². The number of unbranched alkanes of at least 4 members (excludes halogenated alkanes) is 1. The molecule has 0 radical (unpaired) electrons. The van der Waals surface area contributed by atoms with Gasteiger partial charge in [-0.15, -0.1) is 0 Å². The Morgan fingerprint density at radius 3 is 2.40 bits per heavy atom. The van der Waals surface area contributed by atoms with Crippen LogP contribution in [0.3, 0.4) is 0 Å². The Bertz CT molecular complexity index is 24.8. The molecular formula is C4H8Pt. The zero-order chi connectivity index (χ0) is 4.12. The van der Waals surface area contributed by atoms with Crippen LogP contribution in [0.15, 0.2) is 0 Å². The molecule has 0 aliphatic heterocycles. The van der Waals surface area contributed by atoms with Crippen LogP contribution in [0.25, 0.3) is 0 Å². The summed E-state index contributed by atoms with van der Waals surface area (Å²) in [5.74, 6) is 0. The monoisotopic (exact) mass is 251 g/mol. The van der Waals surface area contributed by atoms with Gasteiger partial charge in [0.2, 0.25) is 0 Å². The molecule has 0 spiro atoms. The van der Waals surface area contributed by atoms with E-state index < -0.39 is 0 Å². The van der Waals surface area contributed by atoms with E-state index in [0.717, 1.165) is 0 Å². The van der Waals surface area contributed by atoms with Crippen LogP contribution in [0.2, 0.25) is 0 Å². The Hall–Kier alpha value is 0.558. The molecule has 0 aromatic heterocycles. The van der Waals surface area contributed by atoms with E-state index >= 15 is 0 Å². The van der Waals surface area contributed by atoms with Gasteiger partial charge in [0, 0.05) is 0 Å². The normalized spacial score (nSPS) is 7.80. The van der Waals surface area contributed by atoms with Gasteiger partial charge >= 0.3 is 43.5 Å². The van der Waals surface area contributed by atoms with Gasteiger partial charge in [-0.2, -0.15) is 0 Å². The van der Waals surface area contributed by atoms with Crippen LogP contribution in [0.5, 0.6) is 0 Å². The summed E-state index contributed by atoms with van der Waals surface area (Å²) >= 11 is 2.25. The molecule has 0 heterocycles. The van der Waals surface area contributed by atoms with Crippen molar-refractivity contribution in [3.8, 4) is 0 Å². The molecule has 0 rings (SSSR count). The molecule has 0 saturated heterocycles. The second kappa shape index (κ2) is 4.56. The maximum atomic E-state index is 2.25. The first-order valence-corrected chi connectivity index (χ1v) is 3.11. The van der Waals surface area contributed by atoms with Gasteiger partial charge in [-0.25, -0.2) is 0 Å². The molecule has 0 amide bonds. The summed E-state index contributed by atoms with van der Waals surface area (Å²) in [6, 6.07) is 0. The quantitative estimate of drug-likeness (QED) is 0.690. The third-order valence-electron chi connectivity index (χ3n) is 0.380. The fraction of sp³-hybridized carbons (Fsp3) is 0.750. The minimum absolute atomic E-state index is 1.25. The van der Waals surface area contributed by atoms with Crippen molar-refractivity contribution in [3.05, 3.63) is 0 Å². The van der Waals surface area contributed by atoms with E-state index in [1.54, 1.807) is 0 Å². The molecule has 0 N–H and O–H groups in total. The molecule has 0 atom stereocenters. The standard InChI is InChI=1S/C4H8.Pt/c1-3-4-2;/h1H,3-4H2,2H3;. The molecule has 5 heavy (non-hydrogen) atoms. The number of rotatable bonds is 2. The Labute approximate surface area is 44.0 Å². The van der Waals surface area contributed by atoms with Crippen molar-refractivity contribution in [2.75, 3.05) is 0 Å². The molecule has 0 aromatic carbocycles. The van der Waals surface area contributed by atoms with Crippen molar-refractivity contribution >= 4 is 4.40 Å². The van der Waals surface area contributed by atoms with Gasteiger partial charge in [-0.1, -0.05) is 0 Å². The summed E-state index contributed by atoms with van der Waals surface area (Å²) in [5, 5.41) is 0. The van der Waals surface area contributed by atoms with Crippen LogP contribution in [-0.4, -0.2) is 4.40 Å². The van der Waals surface area contributed by atoms with E-state index in [0.29, 0.717) is 0 Å². The first kappa shape index (κ1) is 5.56. The molecule has 1 heteroatoms. The van der Waals surface area contributed by atoms with Gasteiger partial charge < -0.3 is 0 Å². The average Bonchev–Trinajstić information content (AvgIpc) is 1.41. The van der Waals surface area contributed by atoms with Crippen LogP contribution in [0.4, 0.5) is 0 Å². The molecule has 34 valence electrons. The molecule has 0 aliphatic carbocycles. The first-order valence-electron chi connectivity index (χ1n) is 1.80. The third kappa shape index (κ3) is 4.56. The van der Waals surface area contributed by atoms with Crippen LogP contribution >= 0.6 is 0 Å². The van der Waals surface area contributed by atoms with Gasteiger partial charge in [0.1, 0.15) is 0 Å². The Balaban J connectivity index is 2.40. The number of hydrogen-bond acceptors (Lipinski definition) is 0. The van der Waals surface area contributed by atoms with Crippen molar-refractivity contribution in [2.45, 2.75) is 19.8 Å². The SMILES string of the molecule is CCC[CH]=[Pt]. The summed E-state index contributed by atoms with van der Waals surface area (Å²) in [7, 11) is 0. The molecule has 0 saturated carbocycles. The predicted molar refractivity (Wildman–Crippen MR) is 21.0 cm³/mol. The van der Waals surface area contributed by atoms with E-state index in [2.05, 4.69) is 30.7 Å². The van der Waals surface area contributed by atoms with Gasteiger partial charge in [0.25, 0.3) is 0 Å². The predicted octanol–water partition coefficient (Wildman–Crippen LogP) is 1.14. The second-order valence-electron chi connectivity index (χ2n) is 0.918. The third-order valence-corrected chi connectivity index (χ3v) is 1.04. The Kier molecular flexibility index (Phi) is 5.07. The van der Waals surface area contributed by atoms with E-state index in [9.17, 15) is 0 Å². The van der Waals surface area contributed by atoms with Crippen LogP contribution in [0, 0.1) is 0 Å². The van der Waals surface area contributed by atoms with Gasteiger partial charge in [0.15, 0.2) is 0 Å². The molecule has 0 aromatic rings. The van der Waals surface area contributed by atoms with Crippen molar-refractivity contribution in [2.24, 2.45) is 0 Å². The van der Waals surface area contributed by atoms with E-state index in [-0.39, 0.29) is 0 Å². The van der Waals surface area contributed by atoms with Crippen LogP contribution < -0.4 is 0 Å². The van der Waals surface area contributed by atoms with Crippen molar-refractivity contribution < 1.29 is 19.4 Å². The summed E-state index contributed by atoms with van der Waals surface area (Å²) in [5.41, 5.74) is 0. The number of hydrogen-bond donors (Lipinski definition) is 0.